The van der Waals surface area contributed by atoms with E-state index in [-0.39, 0.29) is 17.9 Å². The summed E-state index contributed by atoms with van der Waals surface area (Å²) < 4.78 is 0. The highest BCUT2D eigenvalue weighted by Crippen LogP contribution is 2.38. The molecule has 1 rings (SSSR count). The number of nitrogens with one attached hydrogen (secondary N) is 2. The molecule has 0 aromatic carbocycles. The van der Waals surface area contributed by atoms with Crippen molar-refractivity contribution in [2.45, 2.75) is 65.5 Å². The molecule has 0 aliphatic heterocycles. The standard InChI is InChI=1S/C15H29N3O2/c1-10(2)17-13(19)12(4)18-14(20)15(9-16)7-5-11(3)6-8-15/h10-12H,5-9,16H2,1-4H3,(H,17,19)(H,18,20). The Morgan fingerprint density at radius 1 is 1.20 bits per heavy atom. The molecule has 116 valence electrons. The lowest BCUT2D eigenvalue weighted by atomic mass is 9.70. The molecule has 1 atom stereocenters. The predicted molar refractivity (Wildman–Crippen MR) is 80.0 cm³/mol. The van der Waals surface area contributed by atoms with Crippen LogP contribution >= 0.6 is 0 Å². The molecule has 1 aliphatic rings. The van der Waals surface area contributed by atoms with Crippen molar-refractivity contribution in [1.82, 2.24) is 10.6 Å². The van der Waals surface area contributed by atoms with Gasteiger partial charge < -0.3 is 16.4 Å². The minimum atomic E-state index is -0.521. The molecule has 5 heteroatoms. The first kappa shape index (κ1) is 17.0. The van der Waals surface area contributed by atoms with Crippen LogP contribution in [0.2, 0.25) is 0 Å². The van der Waals surface area contributed by atoms with Gasteiger partial charge in [0.2, 0.25) is 11.8 Å². The molecule has 1 saturated carbocycles. The van der Waals surface area contributed by atoms with Gasteiger partial charge in [0.05, 0.1) is 5.41 Å². The zero-order valence-corrected chi connectivity index (χ0v) is 13.2. The Bertz CT molecular complexity index is 347. The molecule has 20 heavy (non-hydrogen) atoms. The van der Waals surface area contributed by atoms with Gasteiger partial charge in [0.25, 0.3) is 0 Å². The lowest BCUT2D eigenvalue weighted by Crippen LogP contribution is -2.54. The Morgan fingerprint density at radius 2 is 1.75 bits per heavy atom. The second-order valence-corrected chi connectivity index (χ2v) is 6.53. The zero-order valence-electron chi connectivity index (χ0n) is 13.2. The largest absolute Gasteiger partial charge is 0.352 e. The van der Waals surface area contributed by atoms with Crippen LogP contribution in [-0.4, -0.2) is 30.4 Å². The van der Waals surface area contributed by atoms with Crippen molar-refractivity contribution in [2.24, 2.45) is 17.1 Å². The summed E-state index contributed by atoms with van der Waals surface area (Å²) >= 11 is 0. The van der Waals surface area contributed by atoms with E-state index in [4.69, 9.17) is 5.73 Å². The monoisotopic (exact) mass is 283 g/mol. The summed E-state index contributed by atoms with van der Waals surface area (Å²) in [5, 5.41) is 5.63. The highest BCUT2D eigenvalue weighted by Gasteiger charge is 2.40. The molecule has 1 fully saturated rings. The molecule has 0 saturated heterocycles. The van der Waals surface area contributed by atoms with Gasteiger partial charge in [-0.15, -0.1) is 0 Å². The van der Waals surface area contributed by atoms with Gasteiger partial charge in [0.1, 0.15) is 6.04 Å². The van der Waals surface area contributed by atoms with Crippen LogP contribution in [0.4, 0.5) is 0 Å². The molecule has 0 spiro atoms. The van der Waals surface area contributed by atoms with Gasteiger partial charge in [-0.1, -0.05) is 6.92 Å². The first-order chi connectivity index (χ1) is 9.30. The molecular weight excluding hydrogens is 254 g/mol. The van der Waals surface area contributed by atoms with Gasteiger partial charge in [0, 0.05) is 12.6 Å². The minimum Gasteiger partial charge on any atom is -0.352 e. The van der Waals surface area contributed by atoms with Crippen molar-refractivity contribution in [3.63, 3.8) is 0 Å². The Kier molecular flexibility index (Phi) is 5.99. The molecule has 1 unspecified atom stereocenters. The Balaban J connectivity index is 2.61. The van der Waals surface area contributed by atoms with E-state index in [1.54, 1.807) is 6.92 Å². The number of nitrogens with two attached hydrogens (primary N) is 1. The van der Waals surface area contributed by atoms with Gasteiger partial charge in [-0.05, 0) is 52.4 Å². The quantitative estimate of drug-likeness (QED) is 0.708. The first-order valence-electron chi connectivity index (χ1n) is 7.62. The Labute approximate surface area is 122 Å². The van der Waals surface area contributed by atoms with Crippen LogP contribution in [0.25, 0.3) is 0 Å². The highest BCUT2D eigenvalue weighted by molar-refractivity contribution is 5.90. The molecule has 0 bridgehead atoms. The number of rotatable bonds is 5. The zero-order chi connectivity index (χ0) is 15.3. The number of hydrogen-bond acceptors (Lipinski definition) is 3. The molecule has 0 aromatic heterocycles. The van der Waals surface area contributed by atoms with Crippen LogP contribution in [0.3, 0.4) is 0 Å². The number of amides is 2. The molecule has 5 nitrogen and oxygen atoms in total. The van der Waals surface area contributed by atoms with Crippen molar-refractivity contribution in [2.75, 3.05) is 6.54 Å². The summed E-state index contributed by atoms with van der Waals surface area (Å²) in [7, 11) is 0. The third-order valence-electron chi connectivity index (χ3n) is 4.28. The minimum absolute atomic E-state index is 0.0702. The second kappa shape index (κ2) is 7.07. The van der Waals surface area contributed by atoms with Crippen LogP contribution < -0.4 is 16.4 Å². The molecular formula is C15H29N3O2. The predicted octanol–water partition coefficient (Wildman–Crippen LogP) is 1.17. The third kappa shape index (κ3) is 4.20. The number of carbonyl (C=O) groups excluding carboxylic acids is 2. The van der Waals surface area contributed by atoms with Crippen LogP contribution in [0, 0.1) is 11.3 Å². The fraction of sp³-hybridized carbons (Fsp3) is 0.867. The van der Waals surface area contributed by atoms with Gasteiger partial charge in [-0.3, -0.25) is 9.59 Å². The molecule has 0 aromatic rings. The summed E-state index contributed by atoms with van der Waals surface area (Å²) in [6.07, 6.45) is 3.68. The van der Waals surface area contributed by atoms with E-state index in [2.05, 4.69) is 17.6 Å². The van der Waals surface area contributed by atoms with Gasteiger partial charge in [0.15, 0.2) is 0 Å². The maximum Gasteiger partial charge on any atom is 0.242 e. The SMILES string of the molecule is CC1CCC(CN)(C(=O)NC(C)C(=O)NC(C)C)CC1. The average Bonchev–Trinajstić information content (AvgIpc) is 2.39. The number of carbonyl (C=O) groups is 2. The summed E-state index contributed by atoms with van der Waals surface area (Å²) in [5.74, 6) is 0.437. The van der Waals surface area contributed by atoms with Gasteiger partial charge in [-0.25, -0.2) is 0 Å². The van der Waals surface area contributed by atoms with Crippen molar-refractivity contribution < 1.29 is 9.59 Å². The summed E-state index contributed by atoms with van der Waals surface area (Å²) in [4.78, 5) is 24.3. The summed E-state index contributed by atoms with van der Waals surface area (Å²) in [6.45, 7) is 8.07. The summed E-state index contributed by atoms with van der Waals surface area (Å²) in [5.41, 5.74) is 5.37. The maximum atomic E-state index is 12.5. The van der Waals surface area contributed by atoms with E-state index >= 15 is 0 Å². The van der Waals surface area contributed by atoms with Crippen LogP contribution in [0.5, 0.6) is 0 Å². The fourth-order valence-corrected chi connectivity index (χ4v) is 2.66. The van der Waals surface area contributed by atoms with Crippen molar-refractivity contribution in [3.05, 3.63) is 0 Å². The van der Waals surface area contributed by atoms with Crippen LogP contribution in [0.1, 0.15) is 53.4 Å². The van der Waals surface area contributed by atoms with E-state index in [9.17, 15) is 9.59 Å². The molecule has 1 aliphatic carbocycles. The Hall–Kier alpha value is -1.10. The lowest BCUT2D eigenvalue weighted by Gasteiger charge is -2.37. The first-order valence-corrected chi connectivity index (χ1v) is 7.62. The third-order valence-corrected chi connectivity index (χ3v) is 4.28. The van der Waals surface area contributed by atoms with Gasteiger partial charge in [-0.2, -0.15) is 0 Å². The highest BCUT2D eigenvalue weighted by atomic mass is 16.2. The van der Waals surface area contributed by atoms with Crippen molar-refractivity contribution in [3.8, 4) is 0 Å². The average molecular weight is 283 g/mol. The fourth-order valence-electron chi connectivity index (χ4n) is 2.66. The second-order valence-electron chi connectivity index (χ2n) is 6.53. The van der Waals surface area contributed by atoms with E-state index in [0.29, 0.717) is 12.5 Å². The van der Waals surface area contributed by atoms with E-state index in [1.165, 1.54) is 0 Å². The van der Waals surface area contributed by atoms with E-state index in [0.717, 1.165) is 25.7 Å². The Morgan fingerprint density at radius 3 is 2.20 bits per heavy atom. The summed E-state index contributed by atoms with van der Waals surface area (Å²) in [6, 6.07) is -0.450. The normalized spacial score (nSPS) is 28.0. The van der Waals surface area contributed by atoms with Crippen molar-refractivity contribution >= 4 is 11.8 Å². The maximum absolute atomic E-state index is 12.5. The van der Waals surface area contributed by atoms with Crippen LogP contribution in [-0.2, 0) is 9.59 Å². The van der Waals surface area contributed by atoms with Gasteiger partial charge >= 0.3 is 0 Å². The van der Waals surface area contributed by atoms with Crippen LogP contribution in [0.15, 0.2) is 0 Å². The molecule has 2 amide bonds. The number of hydrogen-bond donors (Lipinski definition) is 3. The smallest absolute Gasteiger partial charge is 0.242 e. The van der Waals surface area contributed by atoms with Crippen molar-refractivity contribution in [1.29, 1.82) is 0 Å². The molecule has 4 N–H and O–H groups in total. The van der Waals surface area contributed by atoms with E-state index in [1.807, 2.05) is 13.8 Å². The topological polar surface area (TPSA) is 84.2 Å². The lowest BCUT2D eigenvalue weighted by molar-refractivity contribution is -0.136. The van der Waals surface area contributed by atoms with E-state index < -0.39 is 11.5 Å². The molecule has 0 heterocycles. The molecule has 0 radical (unpaired) electrons.